The topological polar surface area (TPSA) is 42.1 Å². The molecule has 100 valence electrons. The summed E-state index contributed by atoms with van der Waals surface area (Å²) in [6, 6.07) is 2.89. The van der Waals surface area contributed by atoms with Crippen molar-refractivity contribution in [3.8, 4) is 0 Å². The fraction of sp³-hybridized carbons (Fsp3) is 0.545. The van der Waals surface area contributed by atoms with Gasteiger partial charge in [-0.25, -0.2) is 4.98 Å². The van der Waals surface area contributed by atoms with Gasteiger partial charge in [0, 0.05) is 13.1 Å². The van der Waals surface area contributed by atoms with Crippen LogP contribution in [0.1, 0.15) is 12.8 Å². The summed E-state index contributed by atoms with van der Waals surface area (Å²) in [7, 11) is 0. The van der Waals surface area contributed by atoms with Gasteiger partial charge in [-0.3, -0.25) is 0 Å². The van der Waals surface area contributed by atoms with Gasteiger partial charge in [0.1, 0.15) is 5.82 Å². The molecule has 7 heteroatoms. The zero-order chi connectivity index (χ0) is 13.3. The monoisotopic (exact) mass is 263 g/mol. The van der Waals surface area contributed by atoms with Crippen molar-refractivity contribution in [2.24, 2.45) is 5.92 Å². The molecule has 1 fully saturated rings. The normalized spacial score (nSPS) is 18.1. The number of halogens is 4. The molecule has 0 aromatic carbocycles. The van der Waals surface area contributed by atoms with Crippen molar-refractivity contribution in [3.63, 3.8) is 0 Å². The lowest BCUT2D eigenvalue weighted by Crippen LogP contribution is -2.39. The van der Waals surface area contributed by atoms with E-state index in [1.165, 1.54) is 12.1 Å². The predicted molar refractivity (Wildman–Crippen MR) is 59.6 cm³/mol. The van der Waals surface area contributed by atoms with Crippen molar-refractivity contribution >= 4 is 11.5 Å². The molecule has 1 aromatic rings. The van der Waals surface area contributed by atoms with E-state index in [0.717, 1.165) is 0 Å². The first-order chi connectivity index (χ1) is 8.38. The quantitative estimate of drug-likeness (QED) is 0.625. The summed E-state index contributed by atoms with van der Waals surface area (Å²) in [6.45, 7) is 0.446. The van der Waals surface area contributed by atoms with E-state index in [1.54, 1.807) is 4.90 Å². The lowest BCUT2D eigenvalue weighted by molar-refractivity contribution is -0.179. The molecular formula is C11H13F4N3. The van der Waals surface area contributed by atoms with Gasteiger partial charge in [0.2, 0.25) is 5.95 Å². The minimum absolute atomic E-state index is 0.0111. The van der Waals surface area contributed by atoms with Crippen molar-refractivity contribution < 1.29 is 17.6 Å². The van der Waals surface area contributed by atoms with E-state index >= 15 is 0 Å². The number of aromatic nitrogens is 1. The van der Waals surface area contributed by atoms with Gasteiger partial charge >= 0.3 is 6.18 Å². The lowest BCUT2D eigenvalue weighted by Gasteiger charge is -2.33. The molecule has 0 bridgehead atoms. The Labute approximate surface area is 102 Å². The molecule has 3 nitrogen and oxygen atoms in total. The number of nitrogens with zero attached hydrogens (tertiary/aromatic N) is 2. The molecule has 2 N–H and O–H groups in total. The highest BCUT2D eigenvalue weighted by Crippen LogP contribution is 2.35. The zero-order valence-electron chi connectivity index (χ0n) is 9.54. The third kappa shape index (κ3) is 2.65. The highest BCUT2D eigenvalue weighted by molar-refractivity contribution is 5.46. The first-order valence-electron chi connectivity index (χ1n) is 5.61. The molecule has 0 spiro atoms. The molecule has 0 saturated carbocycles. The zero-order valence-corrected chi connectivity index (χ0v) is 9.54. The van der Waals surface area contributed by atoms with Crippen LogP contribution in [0.25, 0.3) is 0 Å². The second kappa shape index (κ2) is 4.62. The molecule has 0 unspecified atom stereocenters. The maximum Gasteiger partial charge on any atom is 0.391 e. The Hall–Kier alpha value is -1.53. The third-order valence-corrected chi connectivity index (χ3v) is 3.14. The summed E-state index contributed by atoms with van der Waals surface area (Å²) in [4.78, 5) is 5.28. The molecule has 1 aromatic heterocycles. The van der Waals surface area contributed by atoms with E-state index in [4.69, 9.17) is 5.73 Å². The van der Waals surface area contributed by atoms with Gasteiger partial charge in [0.25, 0.3) is 0 Å². The number of rotatable bonds is 1. The smallest absolute Gasteiger partial charge is 0.391 e. The number of hydrogen-bond donors (Lipinski definition) is 1. The average Bonchev–Trinajstić information content (AvgIpc) is 2.32. The Balaban J connectivity index is 2.03. The van der Waals surface area contributed by atoms with Gasteiger partial charge in [0.05, 0.1) is 11.6 Å². The van der Waals surface area contributed by atoms with Crippen molar-refractivity contribution in [2.75, 3.05) is 23.7 Å². The van der Waals surface area contributed by atoms with Crippen LogP contribution >= 0.6 is 0 Å². The van der Waals surface area contributed by atoms with Crippen LogP contribution in [-0.4, -0.2) is 24.2 Å². The number of piperidine rings is 1. The van der Waals surface area contributed by atoms with E-state index in [9.17, 15) is 17.6 Å². The molecule has 1 saturated heterocycles. The maximum atomic E-state index is 13.2. The first-order valence-corrected chi connectivity index (χ1v) is 5.61. The summed E-state index contributed by atoms with van der Waals surface area (Å²) >= 11 is 0. The van der Waals surface area contributed by atoms with Crippen LogP contribution in [0.4, 0.5) is 29.1 Å². The predicted octanol–water partition coefficient (Wildman–Crippen LogP) is 2.58. The highest BCUT2D eigenvalue weighted by Gasteiger charge is 2.41. The van der Waals surface area contributed by atoms with Gasteiger partial charge in [-0.1, -0.05) is 0 Å². The molecule has 1 aliphatic rings. The Bertz CT molecular complexity index is 425. The molecule has 18 heavy (non-hydrogen) atoms. The summed E-state index contributed by atoms with van der Waals surface area (Å²) in [6.07, 6.45) is -4.12. The van der Waals surface area contributed by atoms with Crippen LogP contribution in [-0.2, 0) is 0 Å². The van der Waals surface area contributed by atoms with E-state index in [-0.39, 0.29) is 31.6 Å². The van der Waals surface area contributed by atoms with Gasteiger partial charge < -0.3 is 10.6 Å². The van der Waals surface area contributed by atoms with Gasteiger partial charge in [-0.2, -0.15) is 17.6 Å². The molecule has 2 rings (SSSR count). The number of hydrogen-bond acceptors (Lipinski definition) is 3. The van der Waals surface area contributed by atoms with Crippen LogP contribution in [0.2, 0.25) is 0 Å². The summed E-state index contributed by atoms with van der Waals surface area (Å²) < 4.78 is 50.6. The van der Waals surface area contributed by atoms with Crippen LogP contribution in [0.5, 0.6) is 0 Å². The van der Waals surface area contributed by atoms with Gasteiger partial charge in [-0.05, 0) is 25.0 Å². The number of alkyl halides is 3. The maximum absolute atomic E-state index is 13.2. The summed E-state index contributed by atoms with van der Waals surface area (Å²) in [5, 5.41) is 0. The number of nitrogen functional groups attached to an aromatic ring is 1. The Morgan fingerprint density at radius 3 is 2.33 bits per heavy atom. The molecule has 1 aliphatic heterocycles. The van der Waals surface area contributed by atoms with Crippen molar-refractivity contribution in [1.29, 1.82) is 0 Å². The van der Waals surface area contributed by atoms with Crippen molar-refractivity contribution in [3.05, 3.63) is 18.1 Å². The Morgan fingerprint density at radius 2 is 1.83 bits per heavy atom. The number of anilines is 2. The molecule has 0 aliphatic carbocycles. The van der Waals surface area contributed by atoms with E-state index in [1.807, 2.05) is 0 Å². The van der Waals surface area contributed by atoms with Crippen molar-refractivity contribution in [2.45, 2.75) is 19.0 Å². The molecule has 2 heterocycles. The van der Waals surface area contributed by atoms with Crippen LogP contribution in [0, 0.1) is 11.9 Å². The van der Waals surface area contributed by atoms with Gasteiger partial charge in [0.15, 0.2) is 0 Å². The second-order valence-corrected chi connectivity index (χ2v) is 4.35. The lowest BCUT2D eigenvalue weighted by atomic mass is 9.96. The Morgan fingerprint density at radius 1 is 1.22 bits per heavy atom. The number of pyridine rings is 1. The summed E-state index contributed by atoms with van der Waals surface area (Å²) in [5.41, 5.74) is 5.23. The van der Waals surface area contributed by atoms with E-state index < -0.39 is 18.0 Å². The molecular weight excluding hydrogens is 250 g/mol. The third-order valence-electron chi connectivity index (χ3n) is 3.14. The highest BCUT2D eigenvalue weighted by atomic mass is 19.4. The largest absolute Gasteiger partial charge is 0.395 e. The molecule has 0 amide bonds. The number of nitrogens with two attached hydrogens (primary N) is 1. The second-order valence-electron chi connectivity index (χ2n) is 4.35. The SMILES string of the molecule is Nc1ccc(N2CCC(C(F)(F)F)CC2)nc1F. The minimum Gasteiger partial charge on any atom is -0.395 e. The van der Waals surface area contributed by atoms with Crippen LogP contribution < -0.4 is 10.6 Å². The fourth-order valence-corrected chi connectivity index (χ4v) is 2.05. The van der Waals surface area contributed by atoms with Gasteiger partial charge in [-0.15, -0.1) is 0 Å². The van der Waals surface area contributed by atoms with Crippen LogP contribution in [0.3, 0.4) is 0 Å². The minimum atomic E-state index is -4.15. The van der Waals surface area contributed by atoms with E-state index in [2.05, 4.69) is 4.98 Å². The standard InChI is InChI=1S/C11H13F4N3/c12-10-8(16)1-2-9(17-10)18-5-3-7(4-6-18)11(13,14)15/h1-2,7H,3-6,16H2. The first kappa shape index (κ1) is 12.9. The van der Waals surface area contributed by atoms with Crippen molar-refractivity contribution in [1.82, 2.24) is 4.98 Å². The summed E-state index contributed by atoms with van der Waals surface area (Å²) in [5.74, 6) is -1.72. The van der Waals surface area contributed by atoms with E-state index in [0.29, 0.717) is 5.82 Å². The fourth-order valence-electron chi connectivity index (χ4n) is 2.05. The van der Waals surface area contributed by atoms with Crippen LogP contribution in [0.15, 0.2) is 12.1 Å². The average molecular weight is 263 g/mol. The molecule has 0 atom stereocenters. The molecule has 0 radical (unpaired) electrons. The Kier molecular flexibility index (Phi) is 3.32.